The van der Waals surface area contributed by atoms with Gasteiger partial charge in [-0.15, -0.1) is 0 Å². The molecule has 2 aromatic rings. The number of nitrogens with two attached hydrogens (primary N) is 1. The summed E-state index contributed by atoms with van der Waals surface area (Å²) in [4.78, 5) is 7.06. The van der Waals surface area contributed by atoms with Crippen molar-refractivity contribution in [3.05, 3.63) is 24.0 Å². The van der Waals surface area contributed by atoms with Crippen molar-refractivity contribution in [2.24, 2.45) is 0 Å². The number of ether oxygens (including phenoxy) is 1. The zero-order chi connectivity index (χ0) is 18.0. The number of hydrogen-bond acceptors (Lipinski definition) is 4. The van der Waals surface area contributed by atoms with Crippen LogP contribution in [0.4, 0.5) is 5.69 Å². The highest BCUT2D eigenvalue weighted by atomic mass is 28.3. The highest BCUT2D eigenvalue weighted by Crippen LogP contribution is 2.25. The summed E-state index contributed by atoms with van der Waals surface area (Å²) < 4.78 is 8.30. The summed E-state index contributed by atoms with van der Waals surface area (Å²) in [7, 11) is -1.07. The number of pyridine rings is 1. The molecule has 3 heterocycles. The average Bonchev–Trinajstić information content (AvgIpc) is 3.07. The Labute approximate surface area is 152 Å². The van der Waals surface area contributed by atoms with Gasteiger partial charge in [-0.2, -0.15) is 0 Å². The maximum Gasteiger partial charge on any atom is 0.123 e. The van der Waals surface area contributed by atoms with E-state index < -0.39 is 8.07 Å². The van der Waals surface area contributed by atoms with Crippen molar-refractivity contribution >= 4 is 24.8 Å². The number of anilines is 1. The molecule has 0 unspecified atom stereocenters. The molecule has 1 saturated heterocycles. The van der Waals surface area contributed by atoms with Gasteiger partial charge in [-0.05, 0) is 44.5 Å². The van der Waals surface area contributed by atoms with Crippen molar-refractivity contribution in [3.8, 4) is 0 Å². The number of aromatic nitrogens is 2. The van der Waals surface area contributed by atoms with Crippen LogP contribution in [0.2, 0.25) is 25.7 Å². The molecule has 138 valence electrons. The third kappa shape index (κ3) is 4.62. The van der Waals surface area contributed by atoms with Gasteiger partial charge in [0.2, 0.25) is 0 Å². The third-order valence-corrected chi connectivity index (χ3v) is 6.84. The molecule has 0 bridgehead atoms. The van der Waals surface area contributed by atoms with Crippen molar-refractivity contribution < 1.29 is 4.74 Å². The molecule has 25 heavy (non-hydrogen) atoms. The molecule has 5 nitrogen and oxygen atoms in total. The molecule has 1 atom stereocenters. The van der Waals surface area contributed by atoms with Crippen LogP contribution in [0.5, 0.6) is 0 Å². The van der Waals surface area contributed by atoms with E-state index in [1.165, 1.54) is 31.1 Å². The molecule has 0 saturated carbocycles. The van der Waals surface area contributed by atoms with Crippen molar-refractivity contribution in [2.45, 2.75) is 64.8 Å². The van der Waals surface area contributed by atoms with Crippen LogP contribution in [0.3, 0.4) is 0 Å². The molecular weight excluding hydrogens is 328 g/mol. The standard InChI is InChI=1S/C19H32N4OSi/c1-15-6-5-7-22(15)13-17-11-18-19(10-16(20)12-21-18)23(17)14-24-8-9-25(2,3)4/h10-12,15H,5-9,13-14,20H2,1-4H3/t15-/m0/s1. The van der Waals surface area contributed by atoms with Crippen LogP contribution in [0.25, 0.3) is 11.0 Å². The Morgan fingerprint density at radius 2 is 2.12 bits per heavy atom. The molecule has 2 N–H and O–H groups in total. The number of rotatable bonds is 7. The summed E-state index contributed by atoms with van der Waals surface area (Å²) in [6.45, 7) is 13.0. The van der Waals surface area contributed by atoms with Crippen LogP contribution in [-0.2, 0) is 18.0 Å². The molecule has 1 fully saturated rings. The first-order valence-electron chi connectivity index (χ1n) is 9.39. The summed E-state index contributed by atoms with van der Waals surface area (Å²) in [5.41, 5.74) is 10.0. The van der Waals surface area contributed by atoms with Gasteiger partial charge in [-0.3, -0.25) is 9.88 Å². The monoisotopic (exact) mass is 360 g/mol. The fraction of sp³-hybridized carbons (Fsp3) is 0.632. The van der Waals surface area contributed by atoms with Crippen molar-refractivity contribution in [3.63, 3.8) is 0 Å². The molecular formula is C19H32N4OSi. The lowest BCUT2D eigenvalue weighted by Crippen LogP contribution is -2.27. The average molecular weight is 361 g/mol. The lowest BCUT2D eigenvalue weighted by atomic mass is 10.2. The lowest BCUT2D eigenvalue weighted by molar-refractivity contribution is 0.0863. The molecule has 0 spiro atoms. The first kappa shape index (κ1) is 18.4. The van der Waals surface area contributed by atoms with Crippen molar-refractivity contribution in [1.29, 1.82) is 0 Å². The SMILES string of the molecule is C[C@H]1CCCN1Cc1cc2ncc(N)cc2n1COCC[Si](C)(C)C. The Kier molecular flexibility index (Phi) is 5.51. The fourth-order valence-corrected chi connectivity index (χ4v) is 4.21. The van der Waals surface area contributed by atoms with Crippen LogP contribution in [0, 0.1) is 0 Å². The van der Waals surface area contributed by atoms with Gasteiger partial charge >= 0.3 is 0 Å². The molecule has 2 aromatic heterocycles. The Hall–Kier alpha value is -1.37. The number of nitrogens with zero attached hydrogens (tertiary/aromatic N) is 3. The van der Waals surface area contributed by atoms with E-state index in [9.17, 15) is 0 Å². The van der Waals surface area contributed by atoms with Gasteiger partial charge in [0.05, 0.1) is 22.9 Å². The second kappa shape index (κ2) is 7.48. The Morgan fingerprint density at radius 1 is 1.32 bits per heavy atom. The minimum absolute atomic E-state index is 0.580. The van der Waals surface area contributed by atoms with Gasteiger partial charge in [0.15, 0.2) is 0 Å². The largest absolute Gasteiger partial charge is 0.397 e. The second-order valence-electron chi connectivity index (χ2n) is 8.55. The van der Waals surface area contributed by atoms with Crippen molar-refractivity contribution in [1.82, 2.24) is 14.5 Å². The quantitative estimate of drug-likeness (QED) is 0.601. The van der Waals surface area contributed by atoms with E-state index in [1.54, 1.807) is 6.20 Å². The van der Waals surface area contributed by atoms with Crippen LogP contribution in [0.15, 0.2) is 18.3 Å². The van der Waals surface area contributed by atoms with Crippen LogP contribution in [0.1, 0.15) is 25.5 Å². The maximum atomic E-state index is 6.04. The van der Waals surface area contributed by atoms with E-state index in [0.717, 1.165) is 24.2 Å². The van der Waals surface area contributed by atoms with Gasteiger partial charge in [0.1, 0.15) is 6.73 Å². The van der Waals surface area contributed by atoms with E-state index in [-0.39, 0.29) is 0 Å². The minimum Gasteiger partial charge on any atom is -0.397 e. The zero-order valence-electron chi connectivity index (χ0n) is 16.1. The van der Waals surface area contributed by atoms with E-state index in [0.29, 0.717) is 18.5 Å². The first-order chi connectivity index (χ1) is 11.8. The number of nitrogen functional groups attached to an aromatic ring is 1. The molecule has 3 rings (SSSR count). The molecule has 6 heteroatoms. The van der Waals surface area contributed by atoms with Gasteiger partial charge in [0, 0.05) is 33.0 Å². The summed E-state index contributed by atoms with van der Waals surface area (Å²) in [5.74, 6) is 0. The van der Waals surface area contributed by atoms with E-state index in [2.05, 4.69) is 47.1 Å². The Bertz CT molecular complexity index is 722. The van der Waals surface area contributed by atoms with E-state index in [1.807, 2.05) is 6.07 Å². The van der Waals surface area contributed by atoms with Crippen LogP contribution < -0.4 is 5.73 Å². The van der Waals surface area contributed by atoms with E-state index in [4.69, 9.17) is 10.5 Å². The minimum atomic E-state index is -1.07. The topological polar surface area (TPSA) is 56.3 Å². The van der Waals surface area contributed by atoms with Gasteiger partial charge < -0.3 is 15.0 Å². The van der Waals surface area contributed by atoms with Gasteiger partial charge in [0.25, 0.3) is 0 Å². The Morgan fingerprint density at radius 3 is 2.80 bits per heavy atom. The molecule has 0 amide bonds. The smallest absolute Gasteiger partial charge is 0.123 e. The van der Waals surface area contributed by atoms with Gasteiger partial charge in [-0.25, -0.2) is 0 Å². The second-order valence-corrected chi connectivity index (χ2v) is 14.2. The Balaban J connectivity index is 1.79. The summed E-state index contributed by atoms with van der Waals surface area (Å²) in [5, 5.41) is 0. The zero-order valence-corrected chi connectivity index (χ0v) is 17.1. The number of hydrogen-bond donors (Lipinski definition) is 1. The third-order valence-electron chi connectivity index (χ3n) is 5.13. The summed E-state index contributed by atoms with van der Waals surface area (Å²) >= 11 is 0. The van der Waals surface area contributed by atoms with Gasteiger partial charge in [-0.1, -0.05) is 19.6 Å². The molecule has 0 aromatic carbocycles. The van der Waals surface area contributed by atoms with Crippen LogP contribution >= 0.6 is 0 Å². The highest BCUT2D eigenvalue weighted by molar-refractivity contribution is 6.76. The first-order valence-corrected chi connectivity index (χ1v) is 13.1. The maximum absolute atomic E-state index is 6.04. The number of fused-ring (bicyclic) bond motifs is 1. The predicted molar refractivity (Wildman–Crippen MR) is 107 cm³/mol. The summed E-state index contributed by atoms with van der Waals surface area (Å²) in [6, 6.07) is 6.05. The molecule has 0 aliphatic carbocycles. The fourth-order valence-electron chi connectivity index (χ4n) is 3.45. The van der Waals surface area contributed by atoms with Crippen molar-refractivity contribution in [2.75, 3.05) is 18.9 Å². The molecule has 1 aliphatic heterocycles. The predicted octanol–water partition coefficient (Wildman–Crippen LogP) is 3.92. The molecule has 1 aliphatic rings. The lowest BCUT2D eigenvalue weighted by Gasteiger charge is -2.22. The number of likely N-dealkylation sites (tertiary alicyclic amines) is 1. The summed E-state index contributed by atoms with van der Waals surface area (Å²) in [6.07, 6.45) is 4.32. The van der Waals surface area contributed by atoms with E-state index >= 15 is 0 Å². The van der Waals surface area contributed by atoms with Crippen LogP contribution in [-0.4, -0.2) is 41.7 Å². The normalized spacial score (nSPS) is 19.1. The highest BCUT2D eigenvalue weighted by Gasteiger charge is 2.22. The molecule has 0 radical (unpaired) electrons.